The highest BCUT2D eigenvalue weighted by Gasteiger charge is 2.12. The third-order valence-corrected chi connectivity index (χ3v) is 3.07. The van der Waals surface area contributed by atoms with Gasteiger partial charge >= 0.3 is 0 Å². The van der Waals surface area contributed by atoms with Gasteiger partial charge in [-0.25, -0.2) is 0 Å². The molecule has 1 aromatic heterocycles. The monoisotopic (exact) mass is 307 g/mol. The molecule has 1 amide bonds. The smallest absolute Gasteiger partial charge is 0.272 e. The molecule has 1 heterocycles. The number of aromatic nitrogens is 1. The van der Waals surface area contributed by atoms with Gasteiger partial charge in [-0.3, -0.25) is 4.79 Å². The zero-order chi connectivity index (χ0) is 13.1. The molecule has 94 valence electrons. The zero-order valence-corrected chi connectivity index (χ0v) is 11.6. The van der Waals surface area contributed by atoms with Gasteiger partial charge in [-0.05, 0) is 31.2 Å². The fraction of sp³-hybridized carbons (Fsp3) is 0.154. The fourth-order valence-corrected chi connectivity index (χ4v) is 2.15. The first-order valence-corrected chi connectivity index (χ1v) is 6.42. The SMILES string of the molecule is CCn1cc(N)cc1C(=O)Nc1cccc(Br)c1. The first-order valence-electron chi connectivity index (χ1n) is 5.62. The number of hydrogen-bond acceptors (Lipinski definition) is 2. The topological polar surface area (TPSA) is 60.0 Å². The molecule has 0 radical (unpaired) electrons. The molecule has 0 saturated carbocycles. The van der Waals surface area contributed by atoms with E-state index < -0.39 is 0 Å². The van der Waals surface area contributed by atoms with Gasteiger partial charge in [0.25, 0.3) is 5.91 Å². The van der Waals surface area contributed by atoms with Crippen LogP contribution in [0.3, 0.4) is 0 Å². The molecule has 2 aromatic rings. The summed E-state index contributed by atoms with van der Waals surface area (Å²) in [5.41, 5.74) is 7.61. The molecule has 5 heteroatoms. The fourth-order valence-electron chi connectivity index (χ4n) is 1.75. The first-order chi connectivity index (χ1) is 8.60. The standard InChI is InChI=1S/C13H14BrN3O/c1-2-17-8-10(15)7-12(17)13(18)16-11-5-3-4-9(14)6-11/h3-8H,2,15H2,1H3,(H,16,18). The highest BCUT2D eigenvalue weighted by atomic mass is 79.9. The van der Waals surface area contributed by atoms with Crippen molar-refractivity contribution in [1.82, 2.24) is 4.57 Å². The van der Waals surface area contributed by atoms with E-state index in [-0.39, 0.29) is 5.91 Å². The van der Waals surface area contributed by atoms with E-state index in [9.17, 15) is 4.79 Å². The number of benzene rings is 1. The summed E-state index contributed by atoms with van der Waals surface area (Å²) in [6.07, 6.45) is 1.76. The van der Waals surface area contributed by atoms with Crippen molar-refractivity contribution in [2.45, 2.75) is 13.5 Å². The molecule has 0 bridgehead atoms. The lowest BCUT2D eigenvalue weighted by Gasteiger charge is -2.07. The van der Waals surface area contributed by atoms with Crippen molar-refractivity contribution in [3.8, 4) is 0 Å². The van der Waals surface area contributed by atoms with Crippen LogP contribution in [0.1, 0.15) is 17.4 Å². The summed E-state index contributed by atoms with van der Waals surface area (Å²) in [5, 5.41) is 2.84. The van der Waals surface area contributed by atoms with Crippen LogP contribution in [-0.2, 0) is 6.54 Å². The minimum absolute atomic E-state index is 0.161. The minimum atomic E-state index is -0.161. The van der Waals surface area contributed by atoms with Crippen molar-refractivity contribution in [3.63, 3.8) is 0 Å². The van der Waals surface area contributed by atoms with Crippen LogP contribution >= 0.6 is 15.9 Å². The molecular formula is C13H14BrN3O. The van der Waals surface area contributed by atoms with Gasteiger partial charge in [-0.2, -0.15) is 0 Å². The molecule has 3 N–H and O–H groups in total. The quantitative estimate of drug-likeness (QED) is 0.915. The van der Waals surface area contributed by atoms with Gasteiger partial charge in [0.15, 0.2) is 0 Å². The number of amides is 1. The summed E-state index contributed by atoms with van der Waals surface area (Å²) < 4.78 is 2.74. The maximum Gasteiger partial charge on any atom is 0.272 e. The summed E-state index contributed by atoms with van der Waals surface area (Å²) in [6, 6.07) is 9.14. The second kappa shape index (κ2) is 5.27. The first kappa shape index (κ1) is 12.7. The number of hydrogen-bond donors (Lipinski definition) is 2. The van der Waals surface area contributed by atoms with E-state index in [4.69, 9.17) is 5.73 Å². The van der Waals surface area contributed by atoms with Crippen LogP contribution in [0.2, 0.25) is 0 Å². The minimum Gasteiger partial charge on any atom is -0.397 e. The molecule has 1 aromatic carbocycles. The molecule has 0 atom stereocenters. The van der Waals surface area contributed by atoms with Crippen molar-refractivity contribution < 1.29 is 4.79 Å². The van der Waals surface area contributed by atoms with Crippen LogP contribution in [0.5, 0.6) is 0 Å². The molecule has 0 saturated heterocycles. The lowest BCUT2D eigenvalue weighted by Crippen LogP contribution is -2.16. The van der Waals surface area contributed by atoms with Gasteiger partial charge in [-0.15, -0.1) is 0 Å². The Bertz CT molecular complexity index is 577. The van der Waals surface area contributed by atoms with Crippen molar-refractivity contribution in [3.05, 3.63) is 46.7 Å². The summed E-state index contributed by atoms with van der Waals surface area (Å²) in [5.74, 6) is -0.161. The molecule has 0 unspecified atom stereocenters. The number of anilines is 2. The highest BCUT2D eigenvalue weighted by Crippen LogP contribution is 2.17. The Morgan fingerprint density at radius 3 is 2.89 bits per heavy atom. The molecule has 2 rings (SSSR count). The molecule has 4 nitrogen and oxygen atoms in total. The summed E-state index contributed by atoms with van der Waals surface area (Å²) in [7, 11) is 0. The Morgan fingerprint density at radius 2 is 2.22 bits per heavy atom. The summed E-state index contributed by atoms with van der Waals surface area (Å²) in [6.45, 7) is 2.67. The van der Waals surface area contributed by atoms with Crippen molar-refractivity contribution in [2.24, 2.45) is 0 Å². The van der Waals surface area contributed by atoms with Crippen LogP contribution in [0, 0.1) is 0 Å². The molecule has 0 spiro atoms. The predicted molar refractivity (Wildman–Crippen MR) is 76.6 cm³/mol. The Morgan fingerprint density at radius 1 is 1.44 bits per heavy atom. The van der Waals surface area contributed by atoms with Gasteiger partial charge in [0.1, 0.15) is 5.69 Å². The second-order valence-corrected chi connectivity index (χ2v) is 4.82. The van der Waals surface area contributed by atoms with Crippen molar-refractivity contribution in [2.75, 3.05) is 11.1 Å². The number of rotatable bonds is 3. The lowest BCUT2D eigenvalue weighted by atomic mass is 10.3. The molecule has 0 fully saturated rings. The van der Waals surface area contributed by atoms with E-state index in [2.05, 4.69) is 21.2 Å². The third-order valence-electron chi connectivity index (χ3n) is 2.57. The predicted octanol–water partition coefficient (Wildman–Crippen LogP) is 3.11. The molecule has 18 heavy (non-hydrogen) atoms. The molecule has 0 aliphatic carbocycles. The van der Waals surface area contributed by atoms with Crippen molar-refractivity contribution in [1.29, 1.82) is 0 Å². The van der Waals surface area contributed by atoms with E-state index in [0.717, 1.165) is 10.2 Å². The van der Waals surface area contributed by atoms with Gasteiger partial charge in [0, 0.05) is 22.9 Å². The van der Waals surface area contributed by atoms with Gasteiger partial charge in [0.05, 0.1) is 5.69 Å². The average molecular weight is 308 g/mol. The number of carbonyl (C=O) groups is 1. The number of nitrogens with one attached hydrogen (secondary N) is 1. The van der Waals surface area contributed by atoms with E-state index in [1.165, 1.54) is 0 Å². The molecular weight excluding hydrogens is 294 g/mol. The summed E-state index contributed by atoms with van der Waals surface area (Å²) in [4.78, 5) is 12.1. The van der Waals surface area contributed by atoms with Gasteiger partial charge < -0.3 is 15.6 Å². The number of halogens is 1. The van der Waals surface area contributed by atoms with Crippen LogP contribution in [-0.4, -0.2) is 10.5 Å². The maximum atomic E-state index is 12.1. The van der Waals surface area contributed by atoms with Crippen LogP contribution in [0.15, 0.2) is 41.0 Å². The molecule has 0 aliphatic heterocycles. The largest absolute Gasteiger partial charge is 0.397 e. The van der Waals surface area contributed by atoms with E-state index in [0.29, 0.717) is 17.9 Å². The number of carbonyl (C=O) groups excluding carboxylic acids is 1. The Balaban J connectivity index is 2.21. The normalized spacial score (nSPS) is 10.3. The van der Waals surface area contributed by atoms with Crippen LogP contribution in [0.25, 0.3) is 0 Å². The van der Waals surface area contributed by atoms with E-state index >= 15 is 0 Å². The third kappa shape index (κ3) is 2.73. The lowest BCUT2D eigenvalue weighted by molar-refractivity contribution is 0.101. The van der Waals surface area contributed by atoms with E-state index in [1.54, 1.807) is 12.3 Å². The Kier molecular flexibility index (Phi) is 3.72. The summed E-state index contributed by atoms with van der Waals surface area (Å²) >= 11 is 3.36. The number of aryl methyl sites for hydroxylation is 1. The Labute approximate surface area is 114 Å². The zero-order valence-electron chi connectivity index (χ0n) is 9.98. The molecule has 0 aliphatic rings. The van der Waals surface area contributed by atoms with E-state index in [1.807, 2.05) is 35.8 Å². The van der Waals surface area contributed by atoms with Gasteiger partial charge in [0.2, 0.25) is 0 Å². The highest BCUT2D eigenvalue weighted by molar-refractivity contribution is 9.10. The number of nitrogens with zero attached hydrogens (tertiary/aromatic N) is 1. The van der Waals surface area contributed by atoms with Crippen LogP contribution in [0.4, 0.5) is 11.4 Å². The van der Waals surface area contributed by atoms with Crippen LogP contribution < -0.4 is 11.1 Å². The van der Waals surface area contributed by atoms with Crippen molar-refractivity contribution >= 4 is 33.2 Å². The van der Waals surface area contributed by atoms with Gasteiger partial charge in [-0.1, -0.05) is 22.0 Å². The second-order valence-electron chi connectivity index (χ2n) is 3.91. The maximum absolute atomic E-state index is 12.1. The average Bonchev–Trinajstić information content (AvgIpc) is 2.70. The number of nitrogen functional groups attached to an aromatic ring is 1. The Hall–Kier alpha value is -1.75. The number of nitrogens with two attached hydrogens (primary N) is 1.